The van der Waals surface area contributed by atoms with E-state index in [1.807, 2.05) is 32.3 Å². The summed E-state index contributed by atoms with van der Waals surface area (Å²) in [5.41, 5.74) is 6.47. The number of esters is 2. The van der Waals surface area contributed by atoms with Crippen LogP contribution in [0.5, 0.6) is 17.2 Å². The Kier molecular flexibility index (Phi) is 12.4. The zero-order valence-electron chi connectivity index (χ0n) is 23.6. The van der Waals surface area contributed by atoms with Crippen molar-refractivity contribution in [1.82, 2.24) is 4.90 Å². The summed E-state index contributed by atoms with van der Waals surface area (Å²) < 4.78 is 26.2. The number of carbonyl (C=O) groups excluding carboxylic acids is 2. The molecule has 10 heteroatoms. The van der Waals surface area contributed by atoms with Gasteiger partial charge in [-0.3, -0.25) is 4.90 Å². The lowest BCUT2D eigenvalue weighted by molar-refractivity contribution is 0.0119. The molecule has 3 rings (SSSR count). The minimum Gasteiger partial charge on any atom is -0.493 e. The molecular weight excluding hydrogens is 532 g/mol. The minimum atomic E-state index is -0.525. The van der Waals surface area contributed by atoms with Gasteiger partial charge in [0.2, 0.25) is 5.75 Å². The molecule has 0 heterocycles. The average Bonchev–Trinajstić information content (AvgIpc) is 2.97. The van der Waals surface area contributed by atoms with E-state index >= 15 is 0 Å². The molecule has 0 aliphatic heterocycles. The monoisotopic (exact) mass is 568 g/mol. The van der Waals surface area contributed by atoms with Gasteiger partial charge in [0.25, 0.3) is 5.17 Å². The van der Waals surface area contributed by atoms with Crippen molar-refractivity contribution in [3.63, 3.8) is 0 Å². The van der Waals surface area contributed by atoms with Crippen LogP contribution in [-0.2, 0) is 15.0 Å². The summed E-state index contributed by atoms with van der Waals surface area (Å²) in [5, 5.41) is -0.260. The fourth-order valence-electron chi connectivity index (χ4n) is 4.03. The summed E-state index contributed by atoms with van der Waals surface area (Å²) >= 11 is 4.41. The summed E-state index contributed by atoms with van der Waals surface area (Å²) in [7, 11) is 8.52. The lowest BCUT2D eigenvalue weighted by Crippen LogP contribution is -2.45. The van der Waals surface area contributed by atoms with Crippen LogP contribution in [0, 0.1) is 0 Å². The molecule has 2 N–H and O–H groups in total. The van der Waals surface area contributed by atoms with Crippen LogP contribution >= 0.6 is 12.2 Å². The third-order valence-corrected chi connectivity index (χ3v) is 6.38. The van der Waals surface area contributed by atoms with Crippen LogP contribution in [0.2, 0.25) is 0 Å². The van der Waals surface area contributed by atoms with Crippen molar-refractivity contribution in [2.75, 3.05) is 42.0 Å². The Hall–Kier alpha value is -4.15. The van der Waals surface area contributed by atoms with Gasteiger partial charge in [-0.1, -0.05) is 55.5 Å². The van der Waals surface area contributed by atoms with Crippen molar-refractivity contribution in [3.05, 3.63) is 89.5 Å². The number of hydrogen-bond acceptors (Lipinski definition) is 9. The van der Waals surface area contributed by atoms with E-state index in [9.17, 15) is 9.59 Å². The second kappa shape index (κ2) is 15.4. The van der Waals surface area contributed by atoms with Crippen molar-refractivity contribution < 1.29 is 33.3 Å². The molecule has 0 bridgehead atoms. The third kappa shape index (κ3) is 8.17. The number of methoxy groups -OCH3 is 3. The van der Waals surface area contributed by atoms with Crippen LogP contribution in [0.25, 0.3) is 0 Å². The van der Waals surface area contributed by atoms with Gasteiger partial charge in [-0.2, -0.15) is 0 Å². The predicted octanol–water partition coefficient (Wildman–Crippen LogP) is 4.82. The molecule has 0 radical (unpaired) electrons. The summed E-state index contributed by atoms with van der Waals surface area (Å²) in [6.45, 7) is 2.30. The van der Waals surface area contributed by atoms with Crippen molar-refractivity contribution in [1.29, 1.82) is 0 Å². The second-order valence-electron chi connectivity index (χ2n) is 8.71. The van der Waals surface area contributed by atoms with Crippen LogP contribution < -0.4 is 19.9 Å². The summed E-state index contributed by atoms with van der Waals surface area (Å²) in [6, 6.07) is 21.8. The molecule has 0 amide bonds. The molecular formula is C30H36N2O7S. The number of nitrogens with zero attached hydrogens (tertiary/aromatic N) is 1. The van der Waals surface area contributed by atoms with Crippen molar-refractivity contribution in [3.8, 4) is 17.2 Å². The predicted molar refractivity (Wildman–Crippen MR) is 157 cm³/mol. The molecule has 40 heavy (non-hydrogen) atoms. The molecule has 0 aliphatic carbocycles. The van der Waals surface area contributed by atoms with Crippen molar-refractivity contribution in [2.24, 2.45) is 5.73 Å². The first-order chi connectivity index (χ1) is 19.1. The highest BCUT2D eigenvalue weighted by molar-refractivity contribution is 7.80. The highest BCUT2D eigenvalue weighted by Crippen LogP contribution is 2.38. The Morgan fingerprint density at radius 3 is 1.77 bits per heavy atom. The van der Waals surface area contributed by atoms with Gasteiger partial charge < -0.3 is 29.4 Å². The second-order valence-corrected chi connectivity index (χ2v) is 9.11. The van der Waals surface area contributed by atoms with E-state index < -0.39 is 17.5 Å². The Labute approximate surface area is 240 Å². The van der Waals surface area contributed by atoms with Gasteiger partial charge in [-0.05, 0) is 62.6 Å². The fraction of sp³-hybridized carbons (Fsp3) is 0.300. The van der Waals surface area contributed by atoms with E-state index in [1.54, 1.807) is 42.5 Å². The van der Waals surface area contributed by atoms with E-state index in [0.717, 1.165) is 12.0 Å². The van der Waals surface area contributed by atoms with Crippen LogP contribution in [0.4, 0.5) is 0 Å². The Morgan fingerprint density at radius 2 is 1.35 bits per heavy atom. The van der Waals surface area contributed by atoms with Gasteiger partial charge in [0.15, 0.2) is 11.5 Å². The number of benzene rings is 3. The number of hydrogen-bond donors (Lipinski definition) is 1. The van der Waals surface area contributed by atoms with Crippen LogP contribution in [-0.4, -0.2) is 64.0 Å². The maximum absolute atomic E-state index is 12.8. The van der Waals surface area contributed by atoms with E-state index in [-0.39, 0.29) is 11.8 Å². The Morgan fingerprint density at radius 1 is 0.825 bits per heavy atom. The van der Waals surface area contributed by atoms with Crippen LogP contribution in [0.3, 0.4) is 0 Å². The molecule has 3 aromatic rings. The standard InChI is InChI=1S/C22H29NO5.C8H7NO2S/c1-7-22(23(2)3,17-11-9-8-10-12-17)15-28-21(24)16-13-18(25-4)20(27-6)19(14-16)26-5;9-8(12)11-7(10)6-4-2-1-3-5-6/h8-14H,7,15H2,1-6H3;1-5H,(H2,9,12). The molecule has 1 atom stereocenters. The zero-order valence-corrected chi connectivity index (χ0v) is 24.4. The summed E-state index contributed by atoms with van der Waals surface area (Å²) in [4.78, 5) is 26.0. The number of nitrogens with two attached hydrogens (primary N) is 1. The van der Waals surface area contributed by atoms with E-state index in [4.69, 9.17) is 24.7 Å². The van der Waals surface area contributed by atoms with E-state index in [1.165, 1.54) is 21.3 Å². The lowest BCUT2D eigenvalue weighted by Gasteiger charge is -2.39. The van der Waals surface area contributed by atoms with Crippen LogP contribution in [0.15, 0.2) is 72.8 Å². The number of thiocarbonyl (C=S) groups is 1. The maximum atomic E-state index is 12.8. The SMILES string of the molecule is CCC(COC(=O)c1cc(OC)c(OC)c(OC)c1)(c1ccccc1)N(C)C.NC(=S)OC(=O)c1ccccc1. The van der Waals surface area contributed by atoms with Gasteiger partial charge in [0.05, 0.1) is 38.0 Å². The summed E-state index contributed by atoms with van der Waals surface area (Å²) in [6.07, 6.45) is 0.784. The number of rotatable bonds is 10. The normalized spacial score (nSPS) is 11.8. The molecule has 0 aliphatic rings. The van der Waals surface area contributed by atoms with Gasteiger partial charge in [0.1, 0.15) is 6.61 Å². The smallest absolute Gasteiger partial charge is 0.345 e. The van der Waals surface area contributed by atoms with Gasteiger partial charge in [0, 0.05) is 0 Å². The average molecular weight is 569 g/mol. The number of carbonyl (C=O) groups is 2. The van der Waals surface area contributed by atoms with Gasteiger partial charge in [-0.25, -0.2) is 9.59 Å². The minimum absolute atomic E-state index is 0.218. The van der Waals surface area contributed by atoms with E-state index in [2.05, 4.69) is 40.9 Å². The van der Waals surface area contributed by atoms with Gasteiger partial charge >= 0.3 is 11.9 Å². The highest BCUT2D eigenvalue weighted by Gasteiger charge is 2.35. The first-order valence-electron chi connectivity index (χ1n) is 12.4. The highest BCUT2D eigenvalue weighted by atomic mass is 32.1. The lowest BCUT2D eigenvalue weighted by atomic mass is 9.87. The molecule has 214 valence electrons. The topological polar surface area (TPSA) is 110 Å². The third-order valence-electron chi connectivity index (χ3n) is 6.30. The van der Waals surface area contributed by atoms with Crippen LogP contribution in [0.1, 0.15) is 39.6 Å². The van der Waals surface area contributed by atoms with Crippen molar-refractivity contribution in [2.45, 2.75) is 18.9 Å². The first-order valence-corrected chi connectivity index (χ1v) is 12.8. The van der Waals surface area contributed by atoms with Crippen molar-refractivity contribution >= 4 is 29.3 Å². The molecule has 0 spiro atoms. The quantitative estimate of drug-likeness (QED) is 0.270. The van der Waals surface area contributed by atoms with E-state index in [0.29, 0.717) is 28.4 Å². The molecule has 9 nitrogen and oxygen atoms in total. The Bertz CT molecular complexity index is 1240. The molecule has 0 aromatic heterocycles. The molecule has 1 unspecified atom stereocenters. The van der Waals surface area contributed by atoms with Gasteiger partial charge in [-0.15, -0.1) is 0 Å². The number of likely N-dealkylation sites (N-methyl/N-ethyl adjacent to an activating group) is 1. The zero-order chi connectivity index (χ0) is 29.7. The fourth-order valence-corrected chi connectivity index (χ4v) is 4.11. The Balaban J connectivity index is 0.000000389. The first kappa shape index (κ1) is 32.1. The number of ether oxygens (including phenoxy) is 5. The summed E-state index contributed by atoms with van der Waals surface area (Å²) in [5.74, 6) is 0.275. The largest absolute Gasteiger partial charge is 0.493 e. The molecule has 0 saturated carbocycles. The molecule has 0 fully saturated rings. The molecule has 3 aromatic carbocycles. The molecule has 0 saturated heterocycles. The maximum Gasteiger partial charge on any atom is 0.345 e.